The summed E-state index contributed by atoms with van der Waals surface area (Å²) in [7, 11) is 0. The topological polar surface area (TPSA) is 59.8 Å². The van der Waals surface area contributed by atoms with Crippen LogP contribution in [0.4, 0.5) is 5.95 Å². The first-order valence-electron chi connectivity index (χ1n) is 8.39. The molecule has 5 nitrogen and oxygen atoms in total. The molecule has 0 amide bonds. The minimum Gasteiger partial charge on any atom is -0.354 e. The molecule has 0 aliphatic rings. The number of anilines is 1. The van der Waals surface area contributed by atoms with Gasteiger partial charge in [-0.2, -0.15) is 4.98 Å². The summed E-state index contributed by atoms with van der Waals surface area (Å²) in [6.07, 6.45) is 7.61. The van der Waals surface area contributed by atoms with E-state index in [0.29, 0.717) is 5.95 Å². The van der Waals surface area contributed by atoms with E-state index < -0.39 is 0 Å². The molecule has 0 unspecified atom stereocenters. The molecule has 1 N–H and O–H groups in total. The lowest BCUT2D eigenvalue weighted by Crippen LogP contribution is -2.25. The van der Waals surface area contributed by atoms with Crippen LogP contribution in [0.2, 0.25) is 0 Å². The number of nitrogens with one attached hydrogen (secondary N) is 1. The van der Waals surface area contributed by atoms with E-state index >= 15 is 0 Å². The van der Waals surface area contributed by atoms with Crippen LogP contribution in [-0.2, 0) is 0 Å². The van der Waals surface area contributed by atoms with Crippen LogP contribution in [0.3, 0.4) is 0 Å². The molecule has 0 fully saturated rings. The van der Waals surface area contributed by atoms with Crippen LogP contribution in [-0.4, -0.2) is 21.1 Å². The smallest absolute Gasteiger partial charge is 0.354 e. The molecular weight excluding hydrogens is 288 g/mol. The number of aryl methyl sites for hydroxylation is 2. The minimum absolute atomic E-state index is 0.300. The van der Waals surface area contributed by atoms with E-state index in [2.05, 4.69) is 22.2 Å². The van der Waals surface area contributed by atoms with Crippen LogP contribution in [0.25, 0.3) is 5.69 Å². The zero-order chi connectivity index (χ0) is 16.7. The van der Waals surface area contributed by atoms with Crippen LogP contribution in [0.1, 0.15) is 50.2 Å². The van der Waals surface area contributed by atoms with Crippen molar-refractivity contribution < 1.29 is 0 Å². The second-order valence-corrected chi connectivity index (χ2v) is 5.91. The highest BCUT2D eigenvalue weighted by Gasteiger charge is 2.08. The summed E-state index contributed by atoms with van der Waals surface area (Å²) in [4.78, 5) is 20.6. The predicted octanol–water partition coefficient (Wildman–Crippen LogP) is 3.63. The Bertz CT molecular complexity index is 673. The van der Waals surface area contributed by atoms with Crippen molar-refractivity contribution in [3.05, 3.63) is 46.1 Å². The Labute approximate surface area is 137 Å². The molecule has 2 rings (SSSR count). The average Bonchev–Trinajstić information content (AvgIpc) is 2.52. The van der Waals surface area contributed by atoms with Crippen molar-refractivity contribution in [3.63, 3.8) is 0 Å². The van der Waals surface area contributed by atoms with Crippen LogP contribution in [0.5, 0.6) is 0 Å². The zero-order valence-electron chi connectivity index (χ0n) is 14.3. The molecule has 0 aliphatic carbocycles. The summed E-state index contributed by atoms with van der Waals surface area (Å²) in [5, 5.41) is 3.13. The molecule has 1 aromatic heterocycles. The maximum atomic E-state index is 12.3. The first-order valence-corrected chi connectivity index (χ1v) is 8.39. The van der Waals surface area contributed by atoms with E-state index in [1.54, 1.807) is 6.33 Å². The van der Waals surface area contributed by atoms with Gasteiger partial charge in [0.1, 0.15) is 6.33 Å². The minimum atomic E-state index is -0.300. The van der Waals surface area contributed by atoms with Crippen molar-refractivity contribution in [2.24, 2.45) is 0 Å². The molecule has 0 atom stereocenters. The van der Waals surface area contributed by atoms with Gasteiger partial charge >= 0.3 is 5.69 Å². The Morgan fingerprint density at radius 2 is 1.78 bits per heavy atom. The fraction of sp³-hybridized carbons (Fsp3) is 0.500. The van der Waals surface area contributed by atoms with Gasteiger partial charge in [0.05, 0.1) is 5.69 Å². The number of rotatable bonds is 8. The third-order valence-corrected chi connectivity index (χ3v) is 3.95. The molecule has 2 aromatic rings. The van der Waals surface area contributed by atoms with Crippen molar-refractivity contribution in [2.45, 2.75) is 52.9 Å². The van der Waals surface area contributed by atoms with E-state index in [1.165, 1.54) is 30.3 Å². The molecule has 5 heteroatoms. The number of para-hydroxylation sites is 1. The van der Waals surface area contributed by atoms with Crippen molar-refractivity contribution >= 4 is 5.95 Å². The first-order chi connectivity index (χ1) is 11.1. The van der Waals surface area contributed by atoms with Gasteiger partial charge in [0.25, 0.3) is 0 Å². The highest BCUT2D eigenvalue weighted by atomic mass is 16.1. The largest absolute Gasteiger partial charge is 0.356 e. The zero-order valence-corrected chi connectivity index (χ0v) is 14.3. The number of benzene rings is 1. The number of nitrogens with zero attached hydrogens (tertiary/aromatic N) is 3. The Morgan fingerprint density at radius 1 is 1.09 bits per heavy atom. The monoisotopic (exact) mass is 314 g/mol. The third-order valence-electron chi connectivity index (χ3n) is 3.95. The fourth-order valence-corrected chi connectivity index (χ4v) is 2.69. The number of hydrogen-bond donors (Lipinski definition) is 1. The summed E-state index contributed by atoms with van der Waals surface area (Å²) >= 11 is 0. The molecule has 23 heavy (non-hydrogen) atoms. The maximum Gasteiger partial charge on any atom is 0.356 e. The summed E-state index contributed by atoms with van der Waals surface area (Å²) in [5.74, 6) is 0.410. The predicted molar refractivity (Wildman–Crippen MR) is 94.4 cm³/mol. The molecule has 0 bridgehead atoms. The fourth-order valence-electron chi connectivity index (χ4n) is 2.69. The normalized spacial score (nSPS) is 10.7. The quantitative estimate of drug-likeness (QED) is 0.756. The van der Waals surface area contributed by atoms with Gasteiger partial charge < -0.3 is 5.32 Å². The van der Waals surface area contributed by atoms with Gasteiger partial charge in [0.15, 0.2) is 0 Å². The molecule has 0 saturated heterocycles. The van der Waals surface area contributed by atoms with Crippen LogP contribution >= 0.6 is 0 Å². The van der Waals surface area contributed by atoms with Crippen LogP contribution < -0.4 is 11.0 Å². The molecule has 1 heterocycles. The second-order valence-electron chi connectivity index (χ2n) is 5.91. The summed E-state index contributed by atoms with van der Waals surface area (Å²) in [6.45, 7) is 6.97. The molecule has 0 radical (unpaired) electrons. The summed E-state index contributed by atoms with van der Waals surface area (Å²) in [5.41, 5.74) is 2.63. The molecule has 0 spiro atoms. The highest BCUT2D eigenvalue weighted by molar-refractivity contribution is 5.46. The van der Waals surface area contributed by atoms with Crippen molar-refractivity contribution in [3.8, 4) is 5.69 Å². The number of aromatic nitrogens is 3. The summed E-state index contributed by atoms with van der Waals surface area (Å²) in [6, 6.07) is 5.95. The summed E-state index contributed by atoms with van der Waals surface area (Å²) < 4.78 is 1.51. The van der Waals surface area contributed by atoms with Crippen molar-refractivity contribution in [2.75, 3.05) is 11.9 Å². The van der Waals surface area contributed by atoms with E-state index in [0.717, 1.165) is 29.8 Å². The van der Waals surface area contributed by atoms with Gasteiger partial charge in [-0.25, -0.2) is 9.78 Å². The first kappa shape index (κ1) is 17.2. The Hall–Kier alpha value is -2.17. The van der Waals surface area contributed by atoms with Crippen molar-refractivity contribution in [1.29, 1.82) is 0 Å². The van der Waals surface area contributed by atoms with E-state index in [4.69, 9.17) is 0 Å². The average molecular weight is 314 g/mol. The molecule has 1 aromatic carbocycles. The van der Waals surface area contributed by atoms with Crippen LogP contribution in [0.15, 0.2) is 29.3 Å². The van der Waals surface area contributed by atoms with Crippen molar-refractivity contribution in [1.82, 2.24) is 14.5 Å². The van der Waals surface area contributed by atoms with Gasteiger partial charge in [-0.1, -0.05) is 50.8 Å². The van der Waals surface area contributed by atoms with Gasteiger partial charge in [0, 0.05) is 6.54 Å². The Morgan fingerprint density at radius 3 is 2.43 bits per heavy atom. The highest BCUT2D eigenvalue weighted by Crippen LogP contribution is 2.16. The van der Waals surface area contributed by atoms with E-state index in [9.17, 15) is 4.79 Å². The van der Waals surface area contributed by atoms with Gasteiger partial charge in [-0.3, -0.25) is 4.57 Å². The Kier molecular flexibility index (Phi) is 6.32. The molecule has 0 aliphatic heterocycles. The molecular formula is C18H26N4O. The van der Waals surface area contributed by atoms with E-state index in [1.807, 2.05) is 32.0 Å². The molecule has 0 saturated carbocycles. The van der Waals surface area contributed by atoms with Gasteiger partial charge in [-0.05, 0) is 31.4 Å². The number of hydrogen-bond acceptors (Lipinski definition) is 4. The Balaban J connectivity index is 2.03. The standard InChI is InChI=1S/C18H26N4O/c1-4-5-6-7-8-12-19-17-20-13-22(18(23)21-17)16-14(2)10-9-11-15(16)3/h9-11,13H,4-8,12H2,1-3H3,(H,19,21,23). The number of unbranched alkanes of at least 4 members (excludes halogenated alkanes) is 4. The lowest BCUT2D eigenvalue weighted by Gasteiger charge is -2.12. The lowest BCUT2D eigenvalue weighted by molar-refractivity contribution is 0.643. The van der Waals surface area contributed by atoms with Gasteiger partial charge in [0.2, 0.25) is 5.95 Å². The van der Waals surface area contributed by atoms with Crippen LogP contribution in [0, 0.1) is 13.8 Å². The van der Waals surface area contributed by atoms with Gasteiger partial charge in [-0.15, -0.1) is 0 Å². The third kappa shape index (κ3) is 4.65. The van der Waals surface area contributed by atoms with E-state index in [-0.39, 0.29) is 5.69 Å². The SMILES string of the molecule is CCCCCCCNc1ncn(-c2c(C)cccc2C)c(=O)n1. The maximum absolute atomic E-state index is 12.3. The lowest BCUT2D eigenvalue weighted by atomic mass is 10.1. The molecule has 124 valence electrons. The second kappa shape index (κ2) is 8.46.